The summed E-state index contributed by atoms with van der Waals surface area (Å²) in [6.45, 7) is 0. The lowest BCUT2D eigenvalue weighted by Crippen LogP contribution is -2.43. The van der Waals surface area contributed by atoms with E-state index in [-0.39, 0.29) is 11.7 Å². The summed E-state index contributed by atoms with van der Waals surface area (Å²) >= 11 is 1.67. The first-order valence-corrected chi connectivity index (χ1v) is 8.64. The zero-order valence-electron chi connectivity index (χ0n) is 13.5. The molecule has 2 aromatic rings. The molecule has 0 saturated carbocycles. The van der Waals surface area contributed by atoms with Gasteiger partial charge in [0.15, 0.2) is 0 Å². The Bertz CT molecular complexity index is 652. The predicted octanol–water partition coefficient (Wildman–Crippen LogP) is 2.68. The van der Waals surface area contributed by atoms with Crippen molar-refractivity contribution in [1.82, 2.24) is 5.32 Å². The van der Waals surface area contributed by atoms with Gasteiger partial charge >= 0.3 is 5.97 Å². The highest BCUT2D eigenvalue weighted by molar-refractivity contribution is 7.09. The number of phenols is 1. The second-order valence-electron chi connectivity index (χ2n) is 5.45. The van der Waals surface area contributed by atoms with Crippen LogP contribution in [0.2, 0.25) is 0 Å². The van der Waals surface area contributed by atoms with Crippen LogP contribution in [0.3, 0.4) is 0 Å². The fraction of sp³-hybridized carbons (Fsp3) is 0.333. The number of hydrogen-bond acceptors (Lipinski definition) is 5. The summed E-state index contributed by atoms with van der Waals surface area (Å²) in [6, 6.07) is 9.84. The number of carbonyl (C=O) groups excluding carboxylic acids is 2. The summed E-state index contributed by atoms with van der Waals surface area (Å²) in [6.07, 6.45) is 2.27. The molecule has 2 rings (SSSR count). The Morgan fingerprint density at radius 1 is 1.25 bits per heavy atom. The van der Waals surface area contributed by atoms with Crippen LogP contribution in [0.1, 0.15) is 23.3 Å². The third-order valence-corrected chi connectivity index (χ3v) is 4.54. The Hall–Kier alpha value is -2.34. The van der Waals surface area contributed by atoms with Gasteiger partial charge in [-0.2, -0.15) is 0 Å². The first kappa shape index (κ1) is 18.0. The number of rotatable bonds is 8. The molecule has 0 radical (unpaired) electrons. The van der Waals surface area contributed by atoms with E-state index in [9.17, 15) is 14.7 Å². The van der Waals surface area contributed by atoms with Crippen molar-refractivity contribution in [3.8, 4) is 5.75 Å². The molecule has 0 aliphatic rings. The first-order chi connectivity index (χ1) is 11.6. The van der Waals surface area contributed by atoms with Gasteiger partial charge in [0.25, 0.3) is 0 Å². The van der Waals surface area contributed by atoms with Gasteiger partial charge in [-0.1, -0.05) is 18.2 Å². The lowest BCUT2D eigenvalue weighted by Gasteiger charge is -2.16. The monoisotopic (exact) mass is 347 g/mol. The molecular formula is C18H21NO4S. The van der Waals surface area contributed by atoms with Crippen molar-refractivity contribution < 1.29 is 19.4 Å². The van der Waals surface area contributed by atoms with E-state index in [0.717, 1.165) is 18.4 Å². The van der Waals surface area contributed by atoms with Crippen LogP contribution in [0.15, 0.2) is 41.8 Å². The quantitative estimate of drug-likeness (QED) is 0.720. The average Bonchev–Trinajstić information content (AvgIpc) is 3.09. The summed E-state index contributed by atoms with van der Waals surface area (Å²) in [5.74, 6) is -0.485. The van der Waals surface area contributed by atoms with E-state index in [1.54, 1.807) is 35.6 Å². The zero-order chi connectivity index (χ0) is 17.4. The van der Waals surface area contributed by atoms with E-state index in [2.05, 4.69) is 5.32 Å². The second kappa shape index (κ2) is 9.08. The SMILES string of the molecule is COC(=O)[C@@H](Cc1ccc(O)cc1)NC(=O)CCCc1cccs1. The Morgan fingerprint density at radius 3 is 2.62 bits per heavy atom. The summed E-state index contributed by atoms with van der Waals surface area (Å²) < 4.78 is 4.77. The highest BCUT2D eigenvalue weighted by atomic mass is 32.1. The molecule has 128 valence electrons. The highest BCUT2D eigenvalue weighted by Crippen LogP contribution is 2.13. The van der Waals surface area contributed by atoms with E-state index >= 15 is 0 Å². The minimum atomic E-state index is -0.728. The number of aromatic hydroxyl groups is 1. The number of methoxy groups -OCH3 is 1. The molecule has 1 aromatic carbocycles. The standard InChI is InChI=1S/C18H21NO4S/c1-23-18(22)16(12-13-7-9-14(20)10-8-13)19-17(21)6-2-4-15-5-3-11-24-15/h3,5,7-11,16,20H,2,4,6,12H2,1H3,(H,19,21)/t16-/m1/s1. The number of esters is 1. The maximum atomic E-state index is 12.1. The number of nitrogens with one attached hydrogen (secondary N) is 1. The van der Waals surface area contributed by atoms with Crippen LogP contribution in [0.4, 0.5) is 0 Å². The van der Waals surface area contributed by atoms with E-state index in [1.807, 2.05) is 17.5 Å². The van der Waals surface area contributed by atoms with Crippen molar-refractivity contribution in [3.05, 3.63) is 52.2 Å². The summed E-state index contributed by atoms with van der Waals surface area (Å²) in [4.78, 5) is 25.2. The molecule has 1 atom stereocenters. The normalized spacial score (nSPS) is 11.7. The van der Waals surface area contributed by atoms with Gasteiger partial charge in [0, 0.05) is 17.7 Å². The molecule has 0 spiro atoms. The number of ether oxygens (including phenoxy) is 1. The molecule has 0 aliphatic heterocycles. The molecule has 1 amide bonds. The zero-order valence-corrected chi connectivity index (χ0v) is 14.3. The number of phenolic OH excluding ortho intramolecular Hbond substituents is 1. The Kier molecular flexibility index (Phi) is 6.81. The van der Waals surface area contributed by atoms with E-state index in [4.69, 9.17) is 4.74 Å². The van der Waals surface area contributed by atoms with Crippen LogP contribution in [0.5, 0.6) is 5.75 Å². The van der Waals surface area contributed by atoms with Gasteiger partial charge in [0.1, 0.15) is 11.8 Å². The van der Waals surface area contributed by atoms with Crippen LogP contribution in [0, 0.1) is 0 Å². The molecule has 0 bridgehead atoms. The molecule has 0 fully saturated rings. The predicted molar refractivity (Wildman–Crippen MR) is 93.0 cm³/mol. The smallest absolute Gasteiger partial charge is 0.328 e. The third-order valence-electron chi connectivity index (χ3n) is 3.60. The fourth-order valence-electron chi connectivity index (χ4n) is 2.35. The van der Waals surface area contributed by atoms with Crippen LogP contribution < -0.4 is 5.32 Å². The highest BCUT2D eigenvalue weighted by Gasteiger charge is 2.21. The Balaban J connectivity index is 1.86. The van der Waals surface area contributed by atoms with Gasteiger partial charge in [0.2, 0.25) is 5.91 Å². The van der Waals surface area contributed by atoms with Crippen LogP contribution >= 0.6 is 11.3 Å². The van der Waals surface area contributed by atoms with Crippen molar-refractivity contribution in [1.29, 1.82) is 0 Å². The van der Waals surface area contributed by atoms with Crippen LogP contribution in [-0.2, 0) is 27.2 Å². The Labute approximate surface area is 145 Å². The molecular weight excluding hydrogens is 326 g/mol. The lowest BCUT2D eigenvalue weighted by molar-refractivity contribution is -0.145. The molecule has 6 heteroatoms. The summed E-state index contributed by atoms with van der Waals surface area (Å²) in [7, 11) is 1.30. The largest absolute Gasteiger partial charge is 0.508 e. The van der Waals surface area contributed by atoms with Crippen molar-refractivity contribution in [2.45, 2.75) is 31.7 Å². The fourth-order valence-corrected chi connectivity index (χ4v) is 3.10. The second-order valence-corrected chi connectivity index (χ2v) is 6.48. The topological polar surface area (TPSA) is 75.6 Å². The van der Waals surface area contributed by atoms with E-state index in [0.29, 0.717) is 12.8 Å². The van der Waals surface area contributed by atoms with Gasteiger partial charge < -0.3 is 15.2 Å². The molecule has 1 aromatic heterocycles. The van der Waals surface area contributed by atoms with Gasteiger partial charge in [-0.25, -0.2) is 4.79 Å². The van der Waals surface area contributed by atoms with Crippen molar-refractivity contribution in [2.75, 3.05) is 7.11 Å². The molecule has 0 aliphatic carbocycles. The summed E-state index contributed by atoms with van der Waals surface area (Å²) in [5, 5.41) is 14.1. The van der Waals surface area contributed by atoms with Gasteiger partial charge in [-0.3, -0.25) is 4.79 Å². The number of amides is 1. The summed E-state index contributed by atoms with van der Waals surface area (Å²) in [5.41, 5.74) is 0.835. The number of carbonyl (C=O) groups is 2. The van der Waals surface area contributed by atoms with Crippen molar-refractivity contribution in [2.24, 2.45) is 0 Å². The molecule has 5 nitrogen and oxygen atoms in total. The number of benzene rings is 1. The van der Waals surface area contributed by atoms with Crippen LogP contribution in [-0.4, -0.2) is 30.1 Å². The molecule has 0 unspecified atom stereocenters. The van der Waals surface area contributed by atoms with Crippen molar-refractivity contribution >= 4 is 23.2 Å². The number of thiophene rings is 1. The van der Waals surface area contributed by atoms with Crippen molar-refractivity contribution in [3.63, 3.8) is 0 Å². The van der Waals surface area contributed by atoms with E-state index < -0.39 is 12.0 Å². The average molecular weight is 347 g/mol. The molecule has 0 saturated heterocycles. The van der Waals surface area contributed by atoms with Gasteiger partial charge in [-0.05, 0) is 42.0 Å². The Morgan fingerprint density at radius 2 is 2.00 bits per heavy atom. The van der Waals surface area contributed by atoms with Gasteiger partial charge in [-0.15, -0.1) is 11.3 Å². The number of hydrogen-bond donors (Lipinski definition) is 2. The van der Waals surface area contributed by atoms with Crippen LogP contribution in [0.25, 0.3) is 0 Å². The first-order valence-electron chi connectivity index (χ1n) is 7.76. The number of aryl methyl sites for hydroxylation is 1. The minimum Gasteiger partial charge on any atom is -0.508 e. The maximum Gasteiger partial charge on any atom is 0.328 e. The molecule has 2 N–H and O–H groups in total. The van der Waals surface area contributed by atoms with E-state index in [1.165, 1.54) is 12.0 Å². The lowest BCUT2D eigenvalue weighted by atomic mass is 10.1. The molecule has 1 heterocycles. The van der Waals surface area contributed by atoms with Gasteiger partial charge in [0.05, 0.1) is 7.11 Å². The third kappa shape index (κ3) is 5.70. The minimum absolute atomic E-state index is 0.158. The molecule has 24 heavy (non-hydrogen) atoms. The maximum absolute atomic E-state index is 12.1.